The smallest absolute Gasteiger partial charge is 0.236 e. The quantitative estimate of drug-likeness (QED) is 0.789. The first-order valence-electron chi connectivity index (χ1n) is 8.60. The van der Waals surface area contributed by atoms with Crippen LogP contribution in [0.5, 0.6) is 0 Å². The van der Waals surface area contributed by atoms with Gasteiger partial charge in [0.1, 0.15) is 12.7 Å². The van der Waals surface area contributed by atoms with Crippen molar-refractivity contribution in [3.8, 4) is 0 Å². The van der Waals surface area contributed by atoms with Crippen molar-refractivity contribution in [2.24, 2.45) is 0 Å². The molecule has 1 amide bonds. The Morgan fingerprint density at radius 3 is 2.92 bits per heavy atom. The van der Waals surface area contributed by atoms with Gasteiger partial charge in [-0.05, 0) is 12.5 Å². The Balaban J connectivity index is 1.53. The molecule has 2 aromatic rings. The minimum absolute atomic E-state index is 0.0279. The molecule has 1 aliphatic rings. The predicted molar refractivity (Wildman–Crippen MR) is 93.8 cm³/mol. The van der Waals surface area contributed by atoms with Gasteiger partial charge in [0.05, 0.1) is 31.8 Å². The van der Waals surface area contributed by atoms with Gasteiger partial charge in [-0.15, -0.1) is 0 Å². The van der Waals surface area contributed by atoms with E-state index in [4.69, 9.17) is 4.74 Å². The van der Waals surface area contributed by atoms with Gasteiger partial charge in [0, 0.05) is 20.1 Å². The van der Waals surface area contributed by atoms with E-state index in [0.717, 1.165) is 18.7 Å². The molecule has 134 valence electrons. The highest BCUT2D eigenvalue weighted by Crippen LogP contribution is 2.18. The first-order valence-corrected chi connectivity index (χ1v) is 8.60. The second kappa shape index (κ2) is 8.22. The maximum atomic E-state index is 12.7. The summed E-state index contributed by atoms with van der Waals surface area (Å²) in [6.07, 6.45) is 3.23. The van der Waals surface area contributed by atoms with Crippen LogP contribution in [0.15, 0.2) is 43.0 Å². The summed E-state index contributed by atoms with van der Waals surface area (Å²) in [6.45, 7) is 5.24. The lowest BCUT2D eigenvalue weighted by Crippen LogP contribution is -2.48. The third-order valence-corrected chi connectivity index (χ3v) is 4.70. The molecular formula is C18H25N5O2. The molecule has 0 spiro atoms. The summed E-state index contributed by atoms with van der Waals surface area (Å²) >= 11 is 0. The molecule has 7 nitrogen and oxygen atoms in total. The highest BCUT2D eigenvalue weighted by molar-refractivity contribution is 5.78. The van der Waals surface area contributed by atoms with Crippen LogP contribution in [0.25, 0.3) is 0 Å². The molecular weight excluding hydrogens is 318 g/mol. The number of amides is 1. The number of carbonyl (C=O) groups excluding carboxylic acids is 1. The van der Waals surface area contributed by atoms with E-state index in [2.05, 4.69) is 34.0 Å². The molecule has 1 aromatic carbocycles. The van der Waals surface area contributed by atoms with Gasteiger partial charge in [-0.25, -0.2) is 4.98 Å². The lowest BCUT2D eigenvalue weighted by Gasteiger charge is -2.34. The van der Waals surface area contributed by atoms with Gasteiger partial charge in [-0.2, -0.15) is 5.10 Å². The Bertz CT molecular complexity index is 661. The Hall–Kier alpha value is -2.25. The van der Waals surface area contributed by atoms with E-state index in [0.29, 0.717) is 19.7 Å². The van der Waals surface area contributed by atoms with Crippen LogP contribution in [0, 0.1) is 0 Å². The van der Waals surface area contributed by atoms with E-state index in [1.54, 1.807) is 11.0 Å². The molecule has 2 heterocycles. The largest absolute Gasteiger partial charge is 0.374 e. The van der Waals surface area contributed by atoms with E-state index in [-0.39, 0.29) is 18.1 Å². The number of likely N-dealkylation sites (N-methyl/N-ethyl adjacent to an activating group) is 1. The first-order chi connectivity index (χ1) is 12.1. The molecule has 25 heavy (non-hydrogen) atoms. The van der Waals surface area contributed by atoms with Gasteiger partial charge in [0.15, 0.2) is 0 Å². The summed E-state index contributed by atoms with van der Waals surface area (Å²) in [5.74, 6) is 0.123. The summed E-state index contributed by atoms with van der Waals surface area (Å²) in [6, 6.07) is 10.2. The molecule has 3 rings (SSSR count). The summed E-state index contributed by atoms with van der Waals surface area (Å²) in [4.78, 5) is 20.6. The Kier molecular flexibility index (Phi) is 5.78. The molecule has 0 radical (unpaired) electrons. The Morgan fingerprint density at radius 1 is 1.40 bits per heavy atom. The van der Waals surface area contributed by atoms with Crippen LogP contribution in [0.4, 0.5) is 0 Å². The van der Waals surface area contributed by atoms with Crippen molar-refractivity contribution in [1.82, 2.24) is 24.6 Å². The summed E-state index contributed by atoms with van der Waals surface area (Å²) in [5, 5.41) is 4.11. The van der Waals surface area contributed by atoms with Crippen molar-refractivity contribution in [2.45, 2.75) is 25.6 Å². The van der Waals surface area contributed by atoms with E-state index >= 15 is 0 Å². The van der Waals surface area contributed by atoms with Crippen LogP contribution in [0.2, 0.25) is 0 Å². The number of hydrogen-bond donors (Lipinski definition) is 0. The maximum Gasteiger partial charge on any atom is 0.236 e. The SMILES string of the molecule is C[C@@H](c1ccccc1)N(C)C(=O)CN1CCO[C@@H](Cn2cncn2)C1. The third-order valence-electron chi connectivity index (χ3n) is 4.70. The zero-order valence-electron chi connectivity index (χ0n) is 14.8. The zero-order chi connectivity index (χ0) is 17.6. The second-order valence-electron chi connectivity index (χ2n) is 6.44. The monoisotopic (exact) mass is 343 g/mol. The number of rotatable bonds is 6. The van der Waals surface area contributed by atoms with E-state index in [1.165, 1.54) is 6.33 Å². The normalized spacial score (nSPS) is 19.5. The van der Waals surface area contributed by atoms with E-state index in [9.17, 15) is 4.79 Å². The molecule has 1 fully saturated rings. The van der Waals surface area contributed by atoms with Crippen molar-refractivity contribution in [1.29, 1.82) is 0 Å². The summed E-state index contributed by atoms with van der Waals surface area (Å²) in [5.41, 5.74) is 1.14. The van der Waals surface area contributed by atoms with Crippen molar-refractivity contribution < 1.29 is 9.53 Å². The van der Waals surface area contributed by atoms with Crippen molar-refractivity contribution in [3.05, 3.63) is 48.5 Å². The molecule has 1 saturated heterocycles. The van der Waals surface area contributed by atoms with E-state index in [1.807, 2.05) is 30.1 Å². The first kappa shape index (κ1) is 17.6. The molecule has 1 aromatic heterocycles. The highest BCUT2D eigenvalue weighted by Gasteiger charge is 2.25. The topological polar surface area (TPSA) is 63.5 Å². The van der Waals surface area contributed by atoms with Crippen LogP contribution in [0.3, 0.4) is 0 Å². The Morgan fingerprint density at radius 2 is 2.20 bits per heavy atom. The molecule has 0 aliphatic carbocycles. The number of carbonyl (C=O) groups is 1. The molecule has 1 aliphatic heterocycles. The lowest BCUT2D eigenvalue weighted by molar-refractivity contribution is -0.135. The minimum atomic E-state index is 0.0279. The molecule has 0 N–H and O–H groups in total. The fourth-order valence-corrected chi connectivity index (χ4v) is 3.04. The minimum Gasteiger partial charge on any atom is -0.374 e. The van der Waals surface area contributed by atoms with Crippen LogP contribution in [-0.2, 0) is 16.1 Å². The average molecular weight is 343 g/mol. The standard InChI is InChI=1S/C18H25N5O2/c1-15(16-6-4-3-5-7-16)21(2)18(24)12-22-8-9-25-17(10-22)11-23-14-19-13-20-23/h3-7,13-15,17H,8-12H2,1-2H3/t15-,17+/m0/s1. The Labute approximate surface area is 148 Å². The van der Waals surface area contributed by atoms with Gasteiger partial charge in [0.2, 0.25) is 5.91 Å². The molecule has 7 heteroatoms. The zero-order valence-corrected chi connectivity index (χ0v) is 14.8. The van der Waals surface area contributed by atoms with Gasteiger partial charge in [0.25, 0.3) is 0 Å². The van der Waals surface area contributed by atoms with Crippen molar-refractivity contribution in [2.75, 3.05) is 33.3 Å². The van der Waals surface area contributed by atoms with Crippen LogP contribution in [0.1, 0.15) is 18.5 Å². The van der Waals surface area contributed by atoms with Gasteiger partial charge >= 0.3 is 0 Å². The van der Waals surface area contributed by atoms with E-state index < -0.39 is 0 Å². The van der Waals surface area contributed by atoms with Gasteiger partial charge in [-0.1, -0.05) is 30.3 Å². The number of benzene rings is 1. The number of morpholine rings is 1. The average Bonchev–Trinajstić information content (AvgIpc) is 3.14. The van der Waals surface area contributed by atoms with Crippen molar-refractivity contribution in [3.63, 3.8) is 0 Å². The second-order valence-corrected chi connectivity index (χ2v) is 6.44. The number of aromatic nitrogens is 3. The molecule has 0 unspecified atom stereocenters. The highest BCUT2D eigenvalue weighted by atomic mass is 16.5. The van der Waals surface area contributed by atoms with Crippen LogP contribution >= 0.6 is 0 Å². The number of hydrogen-bond acceptors (Lipinski definition) is 5. The summed E-state index contributed by atoms with van der Waals surface area (Å²) < 4.78 is 7.55. The fraction of sp³-hybridized carbons (Fsp3) is 0.500. The molecule has 0 bridgehead atoms. The van der Waals surface area contributed by atoms with Gasteiger partial charge in [-0.3, -0.25) is 14.4 Å². The number of ether oxygens (including phenoxy) is 1. The van der Waals surface area contributed by atoms with Crippen LogP contribution < -0.4 is 0 Å². The lowest BCUT2D eigenvalue weighted by atomic mass is 10.1. The fourth-order valence-electron chi connectivity index (χ4n) is 3.04. The summed E-state index contributed by atoms with van der Waals surface area (Å²) in [7, 11) is 1.87. The van der Waals surface area contributed by atoms with Gasteiger partial charge < -0.3 is 9.64 Å². The molecule has 0 saturated carbocycles. The molecule has 2 atom stereocenters. The predicted octanol–water partition coefficient (Wildman–Crippen LogP) is 1.20. The van der Waals surface area contributed by atoms with Crippen molar-refractivity contribution >= 4 is 5.91 Å². The third kappa shape index (κ3) is 4.64. The maximum absolute atomic E-state index is 12.7. The van der Waals surface area contributed by atoms with Crippen LogP contribution in [-0.4, -0.2) is 69.9 Å². The number of nitrogens with zero attached hydrogens (tertiary/aromatic N) is 5.